The summed E-state index contributed by atoms with van der Waals surface area (Å²) in [6.45, 7) is 6.04. The summed E-state index contributed by atoms with van der Waals surface area (Å²) in [4.78, 5) is 16.1. The summed E-state index contributed by atoms with van der Waals surface area (Å²) < 4.78 is 10.3. The predicted molar refractivity (Wildman–Crippen MR) is 69.4 cm³/mol. The first-order valence-electron chi connectivity index (χ1n) is 6.54. The van der Waals surface area contributed by atoms with Crippen molar-refractivity contribution in [1.29, 1.82) is 0 Å². The minimum Gasteiger partial charge on any atom is -0.383 e. The number of amides is 1. The average Bonchev–Trinajstić information content (AvgIpc) is 2.42. The molecule has 0 bridgehead atoms. The Hall–Kier alpha value is -0.690. The molecule has 1 rings (SSSR count). The molecule has 0 aromatic carbocycles. The molecule has 1 fully saturated rings. The van der Waals surface area contributed by atoms with Crippen molar-refractivity contribution in [3.8, 4) is 0 Å². The highest BCUT2D eigenvalue weighted by atomic mass is 16.5. The van der Waals surface area contributed by atoms with Crippen LogP contribution in [0.25, 0.3) is 0 Å². The lowest BCUT2D eigenvalue weighted by Crippen LogP contribution is -2.46. The van der Waals surface area contributed by atoms with Crippen molar-refractivity contribution in [2.24, 2.45) is 5.73 Å². The number of ether oxygens (including phenoxy) is 2. The van der Waals surface area contributed by atoms with E-state index in [9.17, 15) is 4.79 Å². The van der Waals surface area contributed by atoms with Gasteiger partial charge in [0, 0.05) is 26.7 Å². The molecule has 0 unspecified atom stereocenters. The zero-order valence-corrected chi connectivity index (χ0v) is 11.3. The molecule has 0 aromatic rings. The van der Waals surface area contributed by atoms with Gasteiger partial charge in [-0.25, -0.2) is 0 Å². The molecule has 0 spiro atoms. The number of nitrogens with two attached hydrogens (primary N) is 1. The lowest BCUT2D eigenvalue weighted by molar-refractivity contribution is -0.136. The maximum Gasteiger partial charge on any atom is 0.236 e. The van der Waals surface area contributed by atoms with Gasteiger partial charge < -0.3 is 20.1 Å². The molecule has 0 saturated carbocycles. The number of nitrogens with zero attached hydrogens (tertiary/aromatic N) is 2. The van der Waals surface area contributed by atoms with Crippen LogP contribution in [0.5, 0.6) is 0 Å². The fourth-order valence-corrected chi connectivity index (χ4v) is 1.91. The Morgan fingerprint density at radius 2 is 2.11 bits per heavy atom. The molecule has 18 heavy (non-hydrogen) atoms. The third kappa shape index (κ3) is 5.77. The highest BCUT2D eigenvalue weighted by Crippen LogP contribution is 2.00. The van der Waals surface area contributed by atoms with Gasteiger partial charge in [0.2, 0.25) is 5.91 Å². The van der Waals surface area contributed by atoms with Crippen LogP contribution in [0.15, 0.2) is 0 Å². The molecule has 0 aliphatic carbocycles. The molecule has 0 radical (unpaired) electrons. The largest absolute Gasteiger partial charge is 0.383 e. The van der Waals surface area contributed by atoms with E-state index in [0.29, 0.717) is 46.0 Å². The number of rotatable bonds is 8. The molecular formula is C12H25N3O3. The summed E-state index contributed by atoms with van der Waals surface area (Å²) in [7, 11) is 1.67. The van der Waals surface area contributed by atoms with E-state index >= 15 is 0 Å². The smallest absolute Gasteiger partial charge is 0.236 e. The predicted octanol–water partition coefficient (Wildman–Crippen LogP) is -0.858. The van der Waals surface area contributed by atoms with Gasteiger partial charge in [-0.15, -0.1) is 0 Å². The molecule has 106 valence electrons. The Morgan fingerprint density at radius 1 is 1.39 bits per heavy atom. The van der Waals surface area contributed by atoms with Crippen LogP contribution in [-0.2, 0) is 14.3 Å². The van der Waals surface area contributed by atoms with Crippen molar-refractivity contribution in [2.45, 2.75) is 6.42 Å². The van der Waals surface area contributed by atoms with Crippen LogP contribution in [0.4, 0.5) is 0 Å². The topological polar surface area (TPSA) is 68.0 Å². The van der Waals surface area contributed by atoms with Gasteiger partial charge in [-0.3, -0.25) is 9.69 Å². The molecule has 0 aromatic heterocycles. The van der Waals surface area contributed by atoms with Crippen molar-refractivity contribution in [2.75, 3.05) is 66.2 Å². The number of hydrogen-bond acceptors (Lipinski definition) is 5. The molecule has 1 heterocycles. The van der Waals surface area contributed by atoms with E-state index in [1.54, 1.807) is 7.11 Å². The van der Waals surface area contributed by atoms with Gasteiger partial charge in [-0.05, 0) is 19.5 Å². The zero-order valence-electron chi connectivity index (χ0n) is 11.3. The summed E-state index contributed by atoms with van der Waals surface area (Å²) >= 11 is 0. The summed E-state index contributed by atoms with van der Waals surface area (Å²) in [5.41, 5.74) is 5.51. The van der Waals surface area contributed by atoms with E-state index in [4.69, 9.17) is 15.2 Å². The fraction of sp³-hybridized carbons (Fsp3) is 0.917. The Labute approximate surface area is 109 Å². The fourth-order valence-electron chi connectivity index (χ4n) is 1.91. The highest BCUT2D eigenvalue weighted by Gasteiger charge is 2.19. The Bertz CT molecular complexity index is 225. The average molecular weight is 259 g/mol. The van der Waals surface area contributed by atoms with Gasteiger partial charge in [-0.2, -0.15) is 0 Å². The number of carbonyl (C=O) groups excluding carboxylic acids is 1. The first kappa shape index (κ1) is 15.4. The van der Waals surface area contributed by atoms with Crippen LogP contribution in [0.2, 0.25) is 0 Å². The lowest BCUT2D eigenvalue weighted by Gasteiger charge is -2.29. The van der Waals surface area contributed by atoms with E-state index in [2.05, 4.69) is 4.90 Å². The molecule has 0 atom stereocenters. The first-order chi connectivity index (χ1) is 8.77. The number of hydrogen-bond donors (Lipinski definition) is 1. The van der Waals surface area contributed by atoms with E-state index in [1.807, 2.05) is 4.90 Å². The van der Waals surface area contributed by atoms with Crippen LogP contribution in [0.1, 0.15) is 6.42 Å². The number of methoxy groups -OCH3 is 1. The summed E-state index contributed by atoms with van der Waals surface area (Å²) in [6.07, 6.45) is 0.903. The van der Waals surface area contributed by atoms with Crippen molar-refractivity contribution in [3.05, 3.63) is 0 Å². The molecular weight excluding hydrogens is 234 g/mol. The van der Waals surface area contributed by atoms with Gasteiger partial charge >= 0.3 is 0 Å². The van der Waals surface area contributed by atoms with Crippen molar-refractivity contribution < 1.29 is 14.3 Å². The van der Waals surface area contributed by atoms with Crippen LogP contribution in [0, 0.1) is 0 Å². The second-order valence-electron chi connectivity index (χ2n) is 4.40. The molecule has 1 aliphatic heterocycles. The Balaban J connectivity index is 2.34. The minimum atomic E-state index is 0.173. The van der Waals surface area contributed by atoms with Gasteiger partial charge in [0.05, 0.1) is 26.4 Å². The quantitative estimate of drug-likeness (QED) is 0.614. The van der Waals surface area contributed by atoms with E-state index < -0.39 is 0 Å². The third-order valence-corrected chi connectivity index (χ3v) is 3.01. The maximum atomic E-state index is 12.1. The van der Waals surface area contributed by atoms with Crippen molar-refractivity contribution in [1.82, 2.24) is 9.80 Å². The molecule has 1 amide bonds. The third-order valence-electron chi connectivity index (χ3n) is 3.01. The van der Waals surface area contributed by atoms with Gasteiger partial charge in [0.15, 0.2) is 0 Å². The molecule has 6 nitrogen and oxygen atoms in total. The highest BCUT2D eigenvalue weighted by molar-refractivity contribution is 5.78. The van der Waals surface area contributed by atoms with Crippen molar-refractivity contribution in [3.63, 3.8) is 0 Å². The SMILES string of the molecule is COCCN(CCCN)CC(=O)N1CCOCC1. The molecule has 1 aliphatic rings. The first-order valence-corrected chi connectivity index (χ1v) is 6.54. The zero-order chi connectivity index (χ0) is 13.2. The van der Waals surface area contributed by atoms with Gasteiger partial charge in [-0.1, -0.05) is 0 Å². The number of morpholine rings is 1. The standard InChI is InChI=1S/C12H25N3O3/c1-17-8-5-14(4-2-3-13)11-12(16)15-6-9-18-10-7-15/h2-11,13H2,1H3. The van der Waals surface area contributed by atoms with Crippen LogP contribution >= 0.6 is 0 Å². The van der Waals surface area contributed by atoms with E-state index in [-0.39, 0.29) is 5.91 Å². The second kappa shape index (κ2) is 9.27. The van der Waals surface area contributed by atoms with Crippen LogP contribution < -0.4 is 5.73 Å². The Kier molecular flexibility index (Phi) is 7.91. The van der Waals surface area contributed by atoms with E-state index in [0.717, 1.165) is 19.5 Å². The lowest BCUT2D eigenvalue weighted by atomic mass is 10.3. The Morgan fingerprint density at radius 3 is 2.72 bits per heavy atom. The maximum absolute atomic E-state index is 12.1. The number of carbonyl (C=O) groups is 1. The molecule has 6 heteroatoms. The molecule has 1 saturated heterocycles. The summed E-state index contributed by atoms with van der Waals surface area (Å²) in [5, 5.41) is 0. The monoisotopic (exact) mass is 259 g/mol. The normalized spacial score (nSPS) is 16.3. The van der Waals surface area contributed by atoms with Crippen LogP contribution in [-0.4, -0.2) is 81.9 Å². The van der Waals surface area contributed by atoms with Gasteiger partial charge in [0.1, 0.15) is 0 Å². The van der Waals surface area contributed by atoms with Crippen LogP contribution in [0.3, 0.4) is 0 Å². The van der Waals surface area contributed by atoms with Gasteiger partial charge in [0.25, 0.3) is 0 Å². The summed E-state index contributed by atoms with van der Waals surface area (Å²) in [5.74, 6) is 0.173. The molecule has 2 N–H and O–H groups in total. The van der Waals surface area contributed by atoms with Crippen molar-refractivity contribution >= 4 is 5.91 Å². The second-order valence-corrected chi connectivity index (χ2v) is 4.40. The minimum absolute atomic E-state index is 0.173. The van der Waals surface area contributed by atoms with E-state index in [1.165, 1.54) is 0 Å². The summed E-state index contributed by atoms with van der Waals surface area (Å²) in [6, 6.07) is 0.